The molecule has 7 heteroatoms. The fourth-order valence-electron chi connectivity index (χ4n) is 4.35. The third-order valence-electron chi connectivity index (χ3n) is 6.05. The van der Waals surface area contributed by atoms with Crippen LogP contribution in [0.2, 0.25) is 0 Å². The maximum absolute atomic E-state index is 12.2. The minimum absolute atomic E-state index is 0.195. The molecule has 1 saturated carbocycles. The standard InChI is InChI=1S/C23H23N3O3S/c1-29-19-12-17(11-15-3-4-15)22-20(14-24)23(25-21(22)13-19)16-5-7-18(8-6-16)26-9-2-10-30(26,27)28/h5-8,12-13,15,25H,2-4,9-11H2,1H3. The predicted octanol–water partition coefficient (Wildman–Crippen LogP) is 4.21. The van der Waals surface area contributed by atoms with Crippen LogP contribution in [0.4, 0.5) is 5.69 Å². The van der Waals surface area contributed by atoms with Crippen molar-refractivity contribution in [1.29, 1.82) is 5.26 Å². The lowest BCUT2D eigenvalue weighted by atomic mass is 9.99. The van der Waals surface area contributed by atoms with Crippen molar-refractivity contribution in [3.8, 4) is 23.1 Å². The van der Waals surface area contributed by atoms with Gasteiger partial charge in [-0.05, 0) is 60.9 Å². The van der Waals surface area contributed by atoms with E-state index in [0.717, 1.165) is 39.9 Å². The minimum Gasteiger partial charge on any atom is -0.497 e. The largest absolute Gasteiger partial charge is 0.497 e. The van der Waals surface area contributed by atoms with Crippen LogP contribution in [0.5, 0.6) is 5.75 Å². The molecule has 1 saturated heterocycles. The number of anilines is 1. The van der Waals surface area contributed by atoms with E-state index in [0.29, 0.717) is 30.1 Å². The molecule has 0 spiro atoms. The molecule has 0 atom stereocenters. The van der Waals surface area contributed by atoms with Gasteiger partial charge in [0.1, 0.15) is 11.8 Å². The van der Waals surface area contributed by atoms with Crippen LogP contribution >= 0.6 is 0 Å². The lowest BCUT2D eigenvalue weighted by Gasteiger charge is -2.17. The SMILES string of the molecule is COc1cc(CC2CC2)c2c(C#N)c(-c3ccc(N4CCCS4(=O)=O)cc3)[nH]c2c1. The van der Waals surface area contributed by atoms with Gasteiger partial charge in [-0.3, -0.25) is 4.31 Å². The smallest absolute Gasteiger partial charge is 0.235 e. The number of benzene rings is 2. The molecule has 2 aromatic carbocycles. The first-order chi connectivity index (χ1) is 14.5. The Kier molecular flexibility index (Phi) is 4.48. The van der Waals surface area contributed by atoms with Crippen LogP contribution in [0, 0.1) is 17.2 Å². The second kappa shape index (κ2) is 7.06. The van der Waals surface area contributed by atoms with Crippen LogP contribution in [-0.2, 0) is 16.4 Å². The van der Waals surface area contributed by atoms with Crippen LogP contribution in [0.1, 0.15) is 30.4 Å². The van der Waals surface area contributed by atoms with Gasteiger partial charge in [0.15, 0.2) is 0 Å². The van der Waals surface area contributed by atoms with Gasteiger partial charge in [-0.1, -0.05) is 12.1 Å². The topological polar surface area (TPSA) is 86.2 Å². The van der Waals surface area contributed by atoms with Crippen molar-refractivity contribution in [1.82, 2.24) is 4.98 Å². The molecule has 1 aliphatic carbocycles. The fourth-order valence-corrected chi connectivity index (χ4v) is 5.92. The number of ether oxygens (including phenoxy) is 1. The number of nitriles is 1. The highest BCUT2D eigenvalue weighted by atomic mass is 32.2. The van der Waals surface area contributed by atoms with E-state index in [-0.39, 0.29) is 5.75 Å². The summed E-state index contributed by atoms with van der Waals surface area (Å²) >= 11 is 0. The molecular formula is C23H23N3O3S. The zero-order chi connectivity index (χ0) is 20.9. The van der Waals surface area contributed by atoms with Gasteiger partial charge in [0.05, 0.1) is 35.3 Å². The number of sulfonamides is 1. The first-order valence-corrected chi connectivity index (χ1v) is 11.8. The summed E-state index contributed by atoms with van der Waals surface area (Å²) in [5, 5.41) is 10.9. The van der Waals surface area contributed by atoms with E-state index in [1.807, 2.05) is 36.4 Å². The van der Waals surface area contributed by atoms with Crippen molar-refractivity contribution in [3.63, 3.8) is 0 Å². The molecule has 3 aromatic rings. The lowest BCUT2D eigenvalue weighted by molar-refractivity contribution is 0.415. The zero-order valence-electron chi connectivity index (χ0n) is 16.8. The van der Waals surface area contributed by atoms with E-state index < -0.39 is 10.0 Å². The number of hydrogen-bond acceptors (Lipinski definition) is 4. The van der Waals surface area contributed by atoms with Crippen LogP contribution in [0.3, 0.4) is 0 Å². The Morgan fingerprint density at radius 2 is 2.00 bits per heavy atom. The highest BCUT2D eigenvalue weighted by Crippen LogP contribution is 2.40. The number of hydrogen-bond donors (Lipinski definition) is 1. The molecule has 6 nitrogen and oxygen atoms in total. The van der Waals surface area contributed by atoms with Crippen molar-refractivity contribution in [3.05, 3.63) is 47.5 Å². The molecule has 154 valence electrons. The predicted molar refractivity (Wildman–Crippen MR) is 117 cm³/mol. The first-order valence-electron chi connectivity index (χ1n) is 10.2. The van der Waals surface area contributed by atoms with Crippen LogP contribution in [0.25, 0.3) is 22.2 Å². The summed E-state index contributed by atoms with van der Waals surface area (Å²) in [4.78, 5) is 3.41. The summed E-state index contributed by atoms with van der Waals surface area (Å²) in [6.45, 7) is 0.516. The molecule has 5 rings (SSSR count). The van der Waals surface area contributed by atoms with Crippen molar-refractivity contribution >= 4 is 26.6 Å². The first kappa shape index (κ1) is 19.0. The van der Waals surface area contributed by atoms with E-state index in [2.05, 4.69) is 11.1 Å². The van der Waals surface area contributed by atoms with Crippen molar-refractivity contribution in [2.75, 3.05) is 23.7 Å². The van der Waals surface area contributed by atoms with E-state index in [1.54, 1.807) is 7.11 Å². The van der Waals surface area contributed by atoms with Crippen molar-refractivity contribution in [2.45, 2.75) is 25.7 Å². The molecule has 0 radical (unpaired) electrons. The van der Waals surface area contributed by atoms with Gasteiger partial charge in [-0.2, -0.15) is 5.26 Å². The summed E-state index contributed by atoms with van der Waals surface area (Å²) in [7, 11) is -1.56. The molecule has 2 fully saturated rings. The molecule has 0 bridgehead atoms. The van der Waals surface area contributed by atoms with E-state index in [9.17, 15) is 13.7 Å². The molecule has 0 unspecified atom stereocenters. The Morgan fingerprint density at radius 1 is 1.23 bits per heavy atom. The molecule has 1 aromatic heterocycles. The quantitative estimate of drug-likeness (QED) is 0.669. The maximum atomic E-state index is 12.2. The Balaban J connectivity index is 1.59. The van der Waals surface area contributed by atoms with Crippen LogP contribution < -0.4 is 9.04 Å². The van der Waals surface area contributed by atoms with Gasteiger partial charge in [0, 0.05) is 18.0 Å². The van der Waals surface area contributed by atoms with Gasteiger partial charge < -0.3 is 9.72 Å². The molecule has 1 N–H and O–H groups in total. The summed E-state index contributed by atoms with van der Waals surface area (Å²) in [5.74, 6) is 1.66. The van der Waals surface area contributed by atoms with E-state index in [1.165, 1.54) is 17.1 Å². The average molecular weight is 422 g/mol. The number of aromatic amines is 1. The van der Waals surface area contributed by atoms with Gasteiger partial charge in [-0.25, -0.2) is 8.42 Å². The number of nitrogens with one attached hydrogen (secondary N) is 1. The zero-order valence-corrected chi connectivity index (χ0v) is 17.6. The number of rotatable bonds is 5. The molecule has 2 aliphatic rings. The van der Waals surface area contributed by atoms with Gasteiger partial charge >= 0.3 is 0 Å². The van der Waals surface area contributed by atoms with E-state index >= 15 is 0 Å². The van der Waals surface area contributed by atoms with Crippen LogP contribution in [0.15, 0.2) is 36.4 Å². The van der Waals surface area contributed by atoms with Crippen molar-refractivity contribution in [2.24, 2.45) is 5.92 Å². The third kappa shape index (κ3) is 3.21. The summed E-state index contributed by atoms with van der Waals surface area (Å²) in [6.07, 6.45) is 4.07. The summed E-state index contributed by atoms with van der Waals surface area (Å²) in [6, 6.07) is 13.8. The highest BCUT2D eigenvalue weighted by molar-refractivity contribution is 7.93. The normalized spacial score (nSPS) is 17.9. The Labute approximate surface area is 176 Å². The molecule has 0 amide bonds. The number of aromatic nitrogens is 1. The second-order valence-electron chi connectivity index (χ2n) is 8.13. The number of nitrogens with zero attached hydrogens (tertiary/aromatic N) is 2. The lowest BCUT2D eigenvalue weighted by Crippen LogP contribution is -2.24. The Hall–Kier alpha value is -2.98. The number of methoxy groups -OCH3 is 1. The van der Waals surface area contributed by atoms with E-state index in [4.69, 9.17) is 4.74 Å². The van der Waals surface area contributed by atoms with Crippen LogP contribution in [-0.4, -0.2) is 32.8 Å². The fraction of sp³-hybridized carbons (Fsp3) is 0.348. The highest BCUT2D eigenvalue weighted by Gasteiger charge is 2.29. The Bertz CT molecular complexity index is 1270. The number of fused-ring (bicyclic) bond motifs is 1. The minimum atomic E-state index is -3.21. The third-order valence-corrected chi connectivity index (χ3v) is 7.92. The summed E-state index contributed by atoms with van der Waals surface area (Å²) < 4.78 is 31.3. The molecule has 30 heavy (non-hydrogen) atoms. The maximum Gasteiger partial charge on any atom is 0.235 e. The molecule has 2 heterocycles. The summed E-state index contributed by atoms with van der Waals surface area (Å²) in [5.41, 5.74) is 4.95. The average Bonchev–Trinajstić information content (AvgIpc) is 3.37. The Morgan fingerprint density at radius 3 is 2.60 bits per heavy atom. The molecular weight excluding hydrogens is 398 g/mol. The second-order valence-corrected chi connectivity index (χ2v) is 10.1. The van der Waals surface area contributed by atoms with Gasteiger partial charge in [0.25, 0.3) is 0 Å². The number of H-pyrrole nitrogens is 1. The monoisotopic (exact) mass is 421 g/mol. The van der Waals surface area contributed by atoms with Crippen molar-refractivity contribution < 1.29 is 13.2 Å². The van der Waals surface area contributed by atoms with Gasteiger partial charge in [-0.15, -0.1) is 0 Å². The van der Waals surface area contributed by atoms with Gasteiger partial charge in [0.2, 0.25) is 10.0 Å². The molecule has 1 aliphatic heterocycles.